The normalized spacial score (nSPS) is 22.2. The molecule has 1 aliphatic carbocycles. The number of nitrogens with zero attached hydrogens (tertiary/aromatic N) is 2. The number of benzene rings is 1. The number of aliphatic hydroxyl groups excluding tert-OH is 2. The molecule has 4 atom stereocenters. The molecule has 1 fully saturated rings. The number of carbonyl (C=O) groups excluding carboxylic acids is 3. The molecule has 0 saturated carbocycles. The van der Waals surface area contributed by atoms with Gasteiger partial charge in [-0.2, -0.15) is 4.90 Å². The Labute approximate surface area is 227 Å². The molecule has 4 rings (SSSR count). The van der Waals surface area contributed by atoms with Crippen molar-refractivity contribution in [2.75, 3.05) is 13.7 Å². The van der Waals surface area contributed by atoms with Crippen molar-refractivity contribution < 1.29 is 34.4 Å². The number of methoxy groups -OCH3 is 1. The van der Waals surface area contributed by atoms with Crippen molar-refractivity contribution in [3.63, 3.8) is 0 Å². The van der Waals surface area contributed by atoms with E-state index in [9.17, 15) is 29.7 Å². The van der Waals surface area contributed by atoms with E-state index in [0.29, 0.717) is 34.6 Å². The SMILES string of the molecule is CCCC1=C([C@H](O)CC/C(=C/c2ccccc2O)c2ccccn2)[C@H](CO)[C@@H]2C(=O)N(C(=O)OC)C(=O)[C@@H]2C1. The third-order valence-electron chi connectivity index (χ3n) is 7.60. The number of likely N-dealkylation sites (tertiary alicyclic amines) is 1. The molecule has 206 valence electrons. The maximum Gasteiger partial charge on any atom is 0.423 e. The summed E-state index contributed by atoms with van der Waals surface area (Å²) in [5.41, 5.74) is 3.51. The Bertz CT molecular complexity index is 1290. The van der Waals surface area contributed by atoms with E-state index in [2.05, 4.69) is 9.72 Å². The number of aromatic nitrogens is 1. The van der Waals surface area contributed by atoms with Crippen LogP contribution in [0.2, 0.25) is 0 Å². The second kappa shape index (κ2) is 12.4. The van der Waals surface area contributed by atoms with Crippen LogP contribution in [0.15, 0.2) is 59.8 Å². The summed E-state index contributed by atoms with van der Waals surface area (Å²) in [6.45, 7) is 1.53. The Kier molecular flexibility index (Phi) is 8.93. The lowest BCUT2D eigenvalue weighted by molar-refractivity contribution is -0.137. The van der Waals surface area contributed by atoms with E-state index in [4.69, 9.17) is 0 Å². The summed E-state index contributed by atoms with van der Waals surface area (Å²) < 4.78 is 4.65. The smallest absolute Gasteiger partial charge is 0.423 e. The van der Waals surface area contributed by atoms with E-state index < -0.39 is 48.4 Å². The largest absolute Gasteiger partial charge is 0.507 e. The number of hydrogen-bond acceptors (Lipinski definition) is 8. The standard InChI is InChI=1S/C30H34N2O7/c1-3-8-20-16-21-27(29(37)32(28(21)36)30(38)39-2)22(17-33)26(20)25(35)13-12-18(23-10-6-7-14-31-23)15-19-9-4-5-11-24(19)34/h4-7,9-11,14-15,21-22,25,27,33-35H,3,8,12-13,16-17H2,1-2H3/b18-15-/t21-,22+,25-,27-/m1/s1. The molecule has 3 amide bonds. The lowest BCUT2D eigenvalue weighted by Crippen LogP contribution is -2.40. The number of pyridine rings is 1. The minimum Gasteiger partial charge on any atom is -0.507 e. The highest BCUT2D eigenvalue weighted by molar-refractivity contribution is 6.16. The number of phenols is 1. The highest BCUT2D eigenvalue weighted by atomic mass is 16.5. The van der Waals surface area contributed by atoms with Crippen LogP contribution >= 0.6 is 0 Å². The molecule has 1 aliphatic heterocycles. The number of ether oxygens (including phenoxy) is 1. The summed E-state index contributed by atoms with van der Waals surface area (Å²) in [7, 11) is 1.10. The van der Waals surface area contributed by atoms with Gasteiger partial charge >= 0.3 is 6.09 Å². The van der Waals surface area contributed by atoms with Crippen molar-refractivity contribution in [1.29, 1.82) is 0 Å². The van der Waals surface area contributed by atoms with Gasteiger partial charge in [0.15, 0.2) is 0 Å². The highest BCUT2D eigenvalue weighted by Gasteiger charge is 2.57. The predicted molar refractivity (Wildman–Crippen MR) is 144 cm³/mol. The van der Waals surface area contributed by atoms with Crippen molar-refractivity contribution in [1.82, 2.24) is 9.88 Å². The summed E-state index contributed by atoms with van der Waals surface area (Å²) in [6.07, 6.45) is 3.69. The van der Waals surface area contributed by atoms with Gasteiger partial charge in [-0.05, 0) is 61.1 Å². The fraction of sp³-hybridized carbons (Fsp3) is 0.400. The first-order valence-electron chi connectivity index (χ1n) is 13.2. The van der Waals surface area contributed by atoms with Crippen LogP contribution in [-0.2, 0) is 14.3 Å². The molecule has 1 saturated heterocycles. The summed E-state index contributed by atoms with van der Waals surface area (Å²) in [5, 5.41) is 32.2. The van der Waals surface area contributed by atoms with Gasteiger partial charge in [-0.1, -0.05) is 43.2 Å². The Morgan fingerprint density at radius 3 is 2.56 bits per heavy atom. The van der Waals surface area contributed by atoms with Crippen molar-refractivity contribution in [3.8, 4) is 5.75 Å². The van der Waals surface area contributed by atoms with Gasteiger partial charge in [0.1, 0.15) is 5.75 Å². The van der Waals surface area contributed by atoms with Gasteiger partial charge in [0.25, 0.3) is 0 Å². The molecule has 0 spiro atoms. The molecule has 2 heterocycles. The molecule has 3 N–H and O–H groups in total. The number of imide groups is 3. The Morgan fingerprint density at radius 2 is 1.92 bits per heavy atom. The maximum atomic E-state index is 13.2. The number of aromatic hydroxyl groups is 1. The number of phenolic OH excluding ortho intramolecular Hbond substituents is 1. The molecule has 9 heteroatoms. The van der Waals surface area contributed by atoms with Gasteiger partial charge < -0.3 is 20.1 Å². The average molecular weight is 535 g/mol. The fourth-order valence-corrected chi connectivity index (χ4v) is 5.84. The second-order valence-electron chi connectivity index (χ2n) is 9.91. The van der Waals surface area contributed by atoms with Crippen molar-refractivity contribution in [2.45, 2.75) is 45.1 Å². The molecule has 2 aliphatic rings. The summed E-state index contributed by atoms with van der Waals surface area (Å²) in [4.78, 5) is 43.4. The van der Waals surface area contributed by atoms with Crippen LogP contribution in [0.3, 0.4) is 0 Å². The van der Waals surface area contributed by atoms with Gasteiger partial charge in [0, 0.05) is 17.7 Å². The van der Waals surface area contributed by atoms with Crippen LogP contribution < -0.4 is 0 Å². The van der Waals surface area contributed by atoms with Crippen molar-refractivity contribution >= 4 is 29.6 Å². The Morgan fingerprint density at radius 1 is 1.18 bits per heavy atom. The number of hydrogen-bond donors (Lipinski definition) is 3. The zero-order chi connectivity index (χ0) is 28.1. The number of fused-ring (bicyclic) bond motifs is 1. The summed E-state index contributed by atoms with van der Waals surface area (Å²) in [5.74, 6) is -3.73. The van der Waals surface area contributed by atoms with Crippen LogP contribution in [0.5, 0.6) is 5.75 Å². The van der Waals surface area contributed by atoms with Gasteiger partial charge in [0.2, 0.25) is 11.8 Å². The number of para-hydroxylation sites is 1. The van der Waals surface area contributed by atoms with E-state index in [1.54, 1.807) is 30.5 Å². The lowest BCUT2D eigenvalue weighted by Gasteiger charge is -2.36. The molecule has 39 heavy (non-hydrogen) atoms. The highest BCUT2D eigenvalue weighted by Crippen LogP contribution is 2.47. The van der Waals surface area contributed by atoms with Crippen molar-refractivity contribution in [3.05, 3.63) is 71.1 Å². The average Bonchev–Trinajstić information content (AvgIpc) is 3.20. The zero-order valence-corrected chi connectivity index (χ0v) is 22.1. The molecule has 0 radical (unpaired) electrons. The quantitative estimate of drug-likeness (QED) is 0.325. The Balaban J connectivity index is 1.65. The number of rotatable bonds is 9. The van der Waals surface area contributed by atoms with Crippen LogP contribution in [0.25, 0.3) is 11.6 Å². The fourth-order valence-electron chi connectivity index (χ4n) is 5.84. The van der Waals surface area contributed by atoms with E-state index in [0.717, 1.165) is 24.7 Å². The minimum atomic E-state index is -1.04. The molecule has 9 nitrogen and oxygen atoms in total. The van der Waals surface area contributed by atoms with Crippen LogP contribution in [-0.4, -0.2) is 62.9 Å². The van der Waals surface area contributed by atoms with Gasteiger partial charge in [-0.15, -0.1) is 0 Å². The first kappa shape index (κ1) is 28.2. The topological polar surface area (TPSA) is 137 Å². The zero-order valence-electron chi connectivity index (χ0n) is 22.1. The molecular formula is C30H34N2O7. The van der Waals surface area contributed by atoms with Crippen molar-refractivity contribution in [2.24, 2.45) is 17.8 Å². The summed E-state index contributed by atoms with van der Waals surface area (Å²) >= 11 is 0. The van der Waals surface area contributed by atoms with Gasteiger partial charge in [-0.25, -0.2) is 4.79 Å². The molecular weight excluding hydrogens is 500 g/mol. The number of amides is 3. The predicted octanol–water partition coefficient (Wildman–Crippen LogP) is 3.95. The Hall–Kier alpha value is -3.82. The van der Waals surface area contributed by atoms with E-state index in [-0.39, 0.29) is 18.6 Å². The van der Waals surface area contributed by atoms with Crippen LogP contribution in [0, 0.1) is 17.8 Å². The molecule has 0 unspecified atom stereocenters. The summed E-state index contributed by atoms with van der Waals surface area (Å²) in [6, 6.07) is 12.5. The number of aliphatic hydroxyl groups is 2. The van der Waals surface area contributed by atoms with E-state index in [1.807, 2.05) is 31.2 Å². The molecule has 1 aromatic carbocycles. The first-order valence-corrected chi connectivity index (χ1v) is 13.2. The lowest BCUT2D eigenvalue weighted by atomic mass is 9.67. The van der Waals surface area contributed by atoms with Crippen LogP contribution in [0.1, 0.15) is 50.3 Å². The molecule has 2 aromatic rings. The van der Waals surface area contributed by atoms with E-state index >= 15 is 0 Å². The van der Waals surface area contributed by atoms with Gasteiger partial charge in [-0.3, -0.25) is 14.6 Å². The number of allylic oxidation sites excluding steroid dienone is 2. The first-order chi connectivity index (χ1) is 18.8. The molecule has 1 aromatic heterocycles. The third kappa shape index (κ3) is 5.65. The minimum absolute atomic E-state index is 0.123. The molecule has 0 bridgehead atoms. The van der Waals surface area contributed by atoms with Crippen LogP contribution in [0.4, 0.5) is 4.79 Å². The monoisotopic (exact) mass is 534 g/mol. The van der Waals surface area contributed by atoms with E-state index in [1.165, 1.54) is 0 Å². The third-order valence-corrected chi connectivity index (χ3v) is 7.60. The number of carbonyl (C=O) groups is 3. The second-order valence-corrected chi connectivity index (χ2v) is 9.91. The maximum absolute atomic E-state index is 13.2. The van der Waals surface area contributed by atoms with Gasteiger partial charge in [0.05, 0.1) is 37.4 Å².